The van der Waals surface area contributed by atoms with Crippen LogP contribution in [0.4, 0.5) is 0 Å². The molecule has 0 aromatic heterocycles. The molecule has 3 unspecified atom stereocenters. The van der Waals surface area contributed by atoms with Crippen molar-refractivity contribution in [1.29, 1.82) is 0 Å². The summed E-state index contributed by atoms with van der Waals surface area (Å²) < 4.78 is 0. The predicted molar refractivity (Wildman–Crippen MR) is 54.1 cm³/mol. The quantitative estimate of drug-likeness (QED) is 0.709. The summed E-state index contributed by atoms with van der Waals surface area (Å²) in [5.74, 6) is -0.300. The highest BCUT2D eigenvalue weighted by molar-refractivity contribution is 5.89. The van der Waals surface area contributed by atoms with Gasteiger partial charge in [-0.2, -0.15) is 0 Å². The molecule has 0 saturated heterocycles. The number of nitrogens with one attached hydrogen (secondary N) is 1. The van der Waals surface area contributed by atoms with Gasteiger partial charge in [-0.25, -0.2) is 0 Å². The van der Waals surface area contributed by atoms with Gasteiger partial charge in [0.15, 0.2) is 0 Å². The van der Waals surface area contributed by atoms with Crippen LogP contribution in [-0.4, -0.2) is 23.5 Å². The molecule has 0 aromatic rings. The molecule has 2 aliphatic rings. The molecule has 2 saturated carbocycles. The molecule has 0 aromatic carbocycles. The lowest BCUT2D eigenvalue weighted by Crippen LogP contribution is -2.31. The van der Waals surface area contributed by atoms with E-state index in [0.29, 0.717) is 18.9 Å². The Morgan fingerprint density at radius 1 is 1.40 bits per heavy atom. The van der Waals surface area contributed by atoms with Gasteiger partial charge < -0.3 is 10.4 Å². The Morgan fingerprint density at radius 3 is 2.53 bits per heavy atom. The van der Waals surface area contributed by atoms with E-state index >= 15 is 0 Å². The molecule has 0 heterocycles. The Bertz CT molecular complexity index is 286. The molecular weight excluding hydrogens is 194 g/mol. The number of hydrogen-bond donors (Lipinski definition) is 2. The summed E-state index contributed by atoms with van der Waals surface area (Å²) in [6, 6.07) is 0. The van der Waals surface area contributed by atoms with E-state index in [1.54, 1.807) is 0 Å². The van der Waals surface area contributed by atoms with Gasteiger partial charge >= 0.3 is 5.97 Å². The van der Waals surface area contributed by atoms with Crippen molar-refractivity contribution in [2.45, 2.75) is 26.2 Å². The predicted octanol–water partition coefficient (Wildman–Crippen LogP) is 0.869. The molecular formula is C11H17NO3. The highest BCUT2D eigenvalue weighted by atomic mass is 16.4. The summed E-state index contributed by atoms with van der Waals surface area (Å²) in [5.41, 5.74) is 0. The largest absolute Gasteiger partial charge is 0.481 e. The van der Waals surface area contributed by atoms with Crippen molar-refractivity contribution in [3.8, 4) is 0 Å². The lowest BCUT2D eigenvalue weighted by molar-refractivity contribution is -0.140. The number of amides is 1. The lowest BCUT2D eigenvalue weighted by Gasteiger charge is -2.10. The van der Waals surface area contributed by atoms with Gasteiger partial charge in [-0.05, 0) is 31.1 Å². The van der Waals surface area contributed by atoms with Crippen molar-refractivity contribution in [2.24, 2.45) is 23.7 Å². The van der Waals surface area contributed by atoms with Crippen LogP contribution in [0, 0.1) is 23.7 Å². The fraction of sp³-hybridized carbons (Fsp3) is 0.818. The van der Waals surface area contributed by atoms with E-state index in [9.17, 15) is 9.59 Å². The molecule has 0 radical (unpaired) electrons. The van der Waals surface area contributed by atoms with E-state index in [2.05, 4.69) is 12.2 Å². The van der Waals surface area contributed by atoms with Crippen molar-refractivity contribution in [3.63, 3.8) is 0 Å². The molecule has 15 heavy (non-hydrogen) atoms. The van der Waals surface area contributed by atoms with E-state index in [0.717, 1.165) is 5.92 Å². The van der Waals surface area contributed by atoms with Crippen molar-refractivity contribution < 1.29 is 14.7 Å². The molecule has 2 rings (SSSR count). The minimum absolute atomic E-state index is 0.0742. The highest BCUT2D eigenvalue weighted by Crippen LogP contribution is 2.39. The third kappa shape index (κ3) is 2.49. The standard InChI is InChI=1S/C11H17NO3/c1-6(7-2-3-7)5-12-10(13)8-4-9(8)11(14)15/h6-9H,2-5H2,1H3,(H,12,13)(H,14,15). The van der Waals surface area contributed by atoms with Crippen molar-refractivity contribution in [3.05, 3.63) is 0 Å². The first-order valence-corrected chi connectivity index (χ1v) is 5.60. The normalized spacial score (nSPS) is 30.7. The molecule has 0 bridgehead atoms. The van der Waals surface area contributed by atoms with E-state index in [4.69, 9.17) is 5.11 Å². The third-order valence-electron chi connectivity index (χ3n) is 3.47. The number of carboxylic acid groups (broad SMARTS) is 1. The van der Waals surface area contributed by atoms with Gasteiger partial charge in [0, 0.05) is 6.54 Å². The molecule has 4 nitrogen and oxygen atoms in total. The summed E-state index contributed by atoms with van der Waals surface area (Å²) in [4.78, 5) is 22.0. The van der Waals surface area contributed by atoms with Gasteiger partial charge in [-0.15, -0.1) is 0 Å². The molecule has 0 aliphatic heterocycles. The number of aliphatic carboxylic acids is 1. The van der Waals surface area contributed by atoms with Crippen LogP contribution in [0.15, 0.2) is 0 Å². The second-order valence-corrected chi connectivity index (χ2v) is 4.85. The lowest BCUT2D eigenvalue weighted by atomic mass is 10.1. The monoisotopic (exact) mass is 211 g/mol. The van der Waals surface area contributed by atoms with Gasteiger partial charge in [0.1, 0.15) is 0 Å². The number of carbonyl (C=O) groups excluding carboxylic acids is 1. The second-order valence-electron chi connectivity index (χ2n) is 4.85. The SMILES string of the molecule is CC(CNC(=O)C1CC1C(=O)O)C1CC1. The van der Waals surface area contributed by atoms with E-state index in [1.165, 1.54) is 12.8 Å². The van der Waals surface area contributed by atoms with Crippen molar-refractivity contribution in [2.75, 3.05) is 6.54 Å². The smallest absolute Gasteiger partial charge is 0.307 e. The average Bonchev–Trinajstić information content (AvgIpc) is 3.05. The first-order chi connectivity index (χ1) is 7.09. The van der Waals surface area contributed by atoms with Crippen molar-refractivity contribution in [1.82, 2.24) is 5.32 Å². The first-order valence-electron chi connectivity index (χ1n) is 5.60. The molecule has 3 atom stereocenters. The van der Waals surface area contributed by atoms with Gasteiger partial charge in [0.2, 0.25) is 5.91 Å². The Hall–Kier alpha value is -1.06. The summed E-state index contributed by atoms with van der Waals surface area (Å²) in [6.45, 7) is 2.84. The Morgan fingerprint density at radius 2 is 2.07 bits per heavy atom. The van der Waals surface area contributed by atoms with Gasteiger partial charge in [-0.3, -0.25) is 9.59 Å². The molecule has 2 N–H and O–H groups in total. The molecule has 2 aliphatic carbocycles. The first kappa shape index (κ1) is 10.5. The molecule has 4 heteroatoms. The van der Waals surface area contributed by atoms with Crippen LogP contribution in [0.1, 0.15) is 26.2 Å². The number of carboxylic acids is 1. The molecule has 1 amide bonds. The average molecular weight is 211 g/mol. The van der Waals surface area contributed by atoms with E-state index in [1.807, 2.05) is 0 Å². The second kappa shape index (κ2) is 3.83. The number of carbonyl (C=O) groups is 2. The Kier molecular flexibility index (Phi) is 2.67. The van der Waals surface area contributed by atoms with Crippen LogP contribution in [0.2, 0.25) is 0 Å². The molecule has 0 spiro atoms. The van der Waals surface area contributed by atoms with Crippen LogP contribution in [-0.2, 0) is 9.59 Å². The minimum atomic E-state index is -0.842. The van der Waals surface area contributed by atoms with Crippen molar-refractivity contribution >= 4 is 11.9 Å². The zero-order valence-electron chi connectivity index (χ0n) is 8.90. The fourth-order valence-corrected chi connectivity index (χ4v) is 1.98. The Labute approximate surface area is 89.0 Å². The minimum Gasteiger partial charge on any atom is -0.481 e. The van der Waals surface area contributed by atoms with E-state index in [-0.39, 0.29) is 11.8 Å². The number of hydrogen-bond acceptors (Lipinski definition) is 2. The van der Waals surface area contributed by atoms with Crippen LogP contribution in [0.3, 0.4) is 0 Å². The fourth-order valence-electron chi connectivity index (χ4n) is 1.98. The maximum absolute atomic E-state index is 11.5. The third-order valence-corrected chi connectivity index (χ3v) is 3.47. The van der Waals surface area contributed by atoms with Gasteiger partial charge in [-0.1, -0.05) is 6.92 Å². The van der Waals surface area contributed by atoms with Gasteiger partial charge in [0.05, 0.1) is 11.8 Å². The maximum atomic E-state index is 11.5. The van der Waals surface area contributed by atoms with E-state index < -0.39 is 11.9 Å². The maximum Gasteiger partial charge on any atom is 0.307 e. The zero-order chi connectivity index (χ0) is 11.0. The summed E-state index contributed by atoms with van der Waals surface area (Å²) >= 11 is 0. The van der Waals surface area contributed by atoms with Crippen LogP contribution < -0.4 is 5.32 Å². The summed E-state index contributed by atoms with van der Waals surface area (Å²) in [6.07, 6.45) is 3.06. The molecule has 84 valence electrons. The summed E-state index contributed by atoms with van der Waals surface area (Å²) in [7, 11) is 0. The topological polar surface area (TPSA) is 66.4 Å². The summed E-state index contributed by atoms with van der Waals surface area (Å²) in [5, 5.41) is 11.5. The zero-order valence-corrected chi connectivity index (χ0v) is 8.90. The van der Waals surface area contributed by atoms with Crippen LogP contribution >= 0.6 is 0 Å². The highest BCUT2D eigenvalue weighted by Gasteiger charge is 2.48. The number of rotatable bonds is 5. The van der Waals surface area contributed by atoms with Gasteiger partial charge in [0.25, 0.3) is 0 Å². The Balaban J connectivity index is 1.67. The van der Waals surface area contributed by atoms with Crippen LogP contribution in [0.25, 0.3) is 0 Å². The molecule has 2 fully saturated rings. The van der Waals surface area contributed by atoms with Crippen LogP contribution in [0.5, 0.6) is 0 Å².